The molecule has 4 heteroatoms. The summed E-state index contributed by atoms with van der Waals surface area (Å²) in [5, 5.41) is 2.64. The normalized spacial score (nSPS) is 9.50. The van der Waals surface area contributed by atoms with Crippen LogP contribution in [0.3, 0.4) is 0 Å². The van der Waals surface area contributed by atoms with Gasteiger partial charge in [-0.05, 0) is 19.1 Å². The molecule has 0 saturated carbocycles. The third-order valence-electron chi connectivity index (χ3n) is 1.34. The molecule has 0 saturated heterocycles. The van der Waals surface area contributed by atoms with E-state index in [9.17, 15) is 4.79 Å². The molecule has 3 nitrogen and oxygen atoms in total. The van der Waals surface area contributed by atoms with E-state index in [1.165, 1.54) is 0 Å². The van der Waals surface area contributed by atoms with Gasteiger partial charge in [0.05, 0.1) is 17.6 Å². The van der Waals surface area contributed by atoms with E-state index in [4.69, 9.17) is 0 Å². The number of aryl methyl sites for hydroxylation is 1. The number of thiol groups is 1. The first-order chi connectivity index (χ1) is 5.72. The first-order valence-electron chi connectivity index (χ1n) is 3.56. The molecule has 0 atom stereocenters. The van der Waals surface area contributed by atoms with Gasteiger partial charge in [-0.1, -0.05) is 0 Å². The predicted molar refractivity (Wildman–Crippen MR) is 51.5 cm³/mol. The van der Waals surface area contributed by atoms with Crippen LogP contribution in [0.1, 0.15) is 5.69 Å². The SMILES string of the molecule is Cc1ccc(NC(=O)CS)cn1. The Morgan fingerprint density at radius 1 is 1.67 bits per heavy atom. The Hall–Kier alpha value is -1.03. The van der Waals surface area contributed by atoms with E-state index >= 15 is 0 Å². The van der Waals surface area contributed by atoms with E-state index in [0.29, 0.717) is 5.69 Å². The Morgan fingerprint density at radius 3 is 2.92 bits per heavy atom. The summed E-state index contributed by atoms with van der Waals surface area (Å²) in [5.74, 6) is 0.0671. The van der Waals surface area contributed by atoms with Crippen LogP contribution < -0.4 is 5.32 Å². The fourth-order valence-corrected chi connectivity index (χ4v) is 0.821. The average molecular weight is 182 g/mol. The Balaban J connectivity index is 2.64. The average Bonchev–Trinajstić information content (AvgIpc) is 2.09. The number of hydrogen-bond acceptors (Lipinski definition) is 3. The summed E-state index contributed by atoms with van der Waals surface area (Å²) in [5.41, 5.74) is 1.64. The molecule has 0 aliphatic rings. The molecular formula is C8H10N2OS. The number of aromatic nitrogens is 1. The number of amides is 1. The Labute approximate surface area is 76.6 Å². The highest BCUT2D eigenvalue weighted by atomic mass is 32.1. The molecule has 0 radical (unpaired) electrons. The van der Waals surface area contributed by atoms with Crippen molar-refractivity contribution in [3.05, 3.63) is 24.0 Å². The zero-order chi connectivity index (χ0) is 8.97. The van der Waals surface area contributed by atoms with Gasteiger partial charge in [0.15, 0.2) is 0 Å². The van der Waals surface area contributed by atoms with Crippen molar-refractivity contribution in [2.75, 3.05) is 11.1 Å². The van der Waals surface area contributed by atoms with Crippen molar-refractivity contribution in [1.29, 1.82) is 0 Å². The number of nitrogens with zero attached hydrogens (tertiary/aromatic N) is 1. The highest BCUT2D eigenvalue weighted by molar-refractivity contribution is 7.81. The quantitative estimate of drug-likeness (QED) is 0.676. The molecule has 0 aromatic carbocycles. The molecule has 64 valence electrons. The van der Waals surface area contributed by atoms with Crippen LogP contribution in [0, 0.1) is 6.92 Å². The van der Waals surface area contributed by atoms with Crippen LogP contribution in [0.2, 0.25) is 0 Å². The van der Waals surface area contributed by atoms with Gasteiger partial charge in [0.25, 0.3) is 0 Å². The van der Waals surface area contributed by atoms with Gasteiger partial charge in [0.2, 0.25) is 5.91 Å². The van der Waals surface area contributed by atoms with E-state index in [0.717, 1.165) is 5.69 Å². The first kappa shape index (κ1) is 9.06. The van der Waals surface area contributed by atoms with Crippen molar-refractivity contribution in [2.24, 2.45) is 0 Å². The maximum atomic E-state index is 10.9. The monoisotopic (exact) mass is 182 g/mol. The van der Waals surface area contributed by atoms with E-state index in [-0.39, 0.29) is 11.7 Å². The van der Waals surface area contributed by atoms with Crippen LogP contribution in [0.5, 0.6) is 0 Å². The van der Waals surface area contributed by atoms with Gasteiger partial charge in [-0.25, -0.2) is 0 Å². The Morgan fingerprint density at radius 2 is 2.42 bits per heavy atom. The number of pyridine rings is 1. The van der Waals surface area contributed by atoms with Crippen LogP contribution in [0.25, 0.3) is 0 Å². The van der Waals surface area contributed by atoms with Crippen molar-refractivity contribution in [2.45, 2.75) is 6.92 Å². The molecule has 0 aliphatic carbocycles. The van der Waals surface area contributed by atoms with Crippen LogP contribution in [0.15, 0.2) is 18.3 Å². The third kappa shape index (κ3) is 2.54. The van der Waals surface area contributed by atoms with E-state index in [1.807, 2.05) is 19.1 Å². The zero-order valence-electron chi connectivity index (χ0n) is 6.74. The second-order valence-electron chi connectivity index (χ2n) is 2.39. The first-order valence-corrected chi connectivity index (χ1v) is 4.19. The second-order valence-corrected chi connectivity index (χ2v) is 2.71. The van der Waals surface area contributed by atoms with Crippen molar-refractivity contribution in [1.82, 2.24) is 4.98 Å². The van der Waals surface area contributed by atoms with Gasteiger partial charge in [0.1, 0.15) is 0 Å². The van der Waals surface area contributed by atoms with Crippen LogP contribution in [-0.4, -0.2) is 16.6 Å². The molecule has 1 amide bonds. The van der Waals surface area contributed by atoms with Gasteiger partial charge >= 0.3 is 0 Å². The van der Waals surface area contributed by atoms with Crippen LogP contribution >= 0.6 is 12.6 Å². The van der Waals surface area contributed by atoms with Crippen molar-refractivity contribution < 1.29 is 4.79 Å². The lowest BCUT2D eigenvalue weighted by molar-refractivity contribution is -0.113. The topological polar surface area (TPSA) is 42.0 Å². The minimum Gasteiger partial charge on any atom is -0.324 e. The lowest BCUT2D eigenvalue weighted by Crippen LogP contribution is -2.12. The molecule has 0 unspecified atom stereocenters. The summed E-state index contributed by atoms with van der Waals surface area (Å²) in [6, 6.07) is 3.65. The molecule has 0 bridgehead atoms. The molecule has 1 N–H and O–H groups in total. The smallest absolute Gasteiger partial charge is 0.234 e. The summed E-state index contributed by atoms with van der Waals surface area (Å²) in [4.78, 5) is 14.9. The van der Waals surface area contributed by atoms with Crippen molar-refractivity contribution in [3.8, 4) is 0 Å². The number of carbonyl (C=O) groups is 1. The fourth-order valence-electron chi connectivity index (χ4n) is 0.742. The maximum absolute atomic E-state index is 10.9. The van der Waals surface area contributed by atoms with Gasteiger partial charge < -0.3 is 5.32 Å². The number of carbonyl (C=O) groups excluding carboxylic acids is 1. The molecule has 1 rings (SSSR count). The minimum atomic E-state index is -0.121. The molecular weight excluding hydrogens is 172 g/mol. The molecule has 0 spiro atoms. The molecule has 0 fully saturated rings. The number of rotatable bonds is 2. The van der Waals surface area contributed by atoms with E-state index in [2.05, 4.69) is 22.9 Å². The van der Waals surface area contributed by atoms with Crippen LogP contribution in [0.4, 0.5) is 5.69 Å². The van der Waals surface area contributed by atoms with Gasteiger partial charge in [0, 0.05) is 5.69 Å². The summed E-state index contributed by atoms with van der Waals surface area (Å²) in [6.45, 7) is 1.89. The van der Waals surface area contributed by atoms with E-state index in [1.54, 1.807) is 6.20 Å². The molecule has 1 heterocycles. The third-order valence-corrected chi connectivity index (χ3v) is 1.63. The predicted octanol–water partition coefficient (Wildman–Crippen LogP) is 1.26. The van der Waals surface area contributed by atoms with Crippen molar-refractivity contribution in [3.63, 3.8) is 0 Å². The lowest BCUT2D eigenvalue weighted by Gasteiger charge is -2.01. The standard InChI is InChI=1S/C8H10N2OS/c1-6-2-3-7(4-9-6)10-8(11)5-12/h2-4,12H,5H2,1H3,(H,10,11). The van der Waals surface area contributed by atoms with Crippen LogP contribution in [-0.2, 0) is 4.79 Å². The highest BCUT2D eigenvalue weighted by Gasteiger charge is 1.97. The summed E-state index contributed by atoms with van der Waals surface area (Å²) in [6.07, 6.45) is 1.62. The minimum absolute atomic E-state index is 0.121. The number of nitrogens with one attached hydrogen (secondary N) is 1. The summed E-state index contributed by atoms with van der Waals surface area (Å²) >= 11 is 3.83. The largest absolute Gasteiger partial charge is 0.324 e. The van der Waals surface area contributed by atoms with Crippen molar-refractivity contribution >= 4 is 24.2 Å². The summed E-state index contributed by atoms with van der Waals surface area (Å²) < 4.78 is 0. The molecule has 0 aliphatic heterocycles. The lowest BCUT2D eigenvalue weighted by atomic mass is 10.3. The number of anilines is 1. The zero-order valence-corrected chi connectivity index (χ0v) is 7.64. The highest BCUT2D eigenvalue weighted by Crippen LogP contribution is 2.04. The van der Waals surface area contributed by atoms with Gasteiger partial charge in [-0.3, -0.25) is 9.78 Å². The van der Waals surface area contributed by atoms with Gasteiger partial charge in [-0.2, -0.15) is 12.6 Å². The molecule has 1 aromatic heterocycles. The number of hydrogen-bond donors (Lipinski definition) is 2. The summed E-state index contributed by atoms with van der Waals surface area (Å²) in [7, 11) is 0. The van der Waals surface area contributed by atoms with Gasteiger partial charge in [-0.15, -0.1) is 0 Å². The van der Waals surface area contributed by atoms with E-state index < -0.39 is 0 Å². The molecule has 1 aromatic rings. The Bertz CT molecular complexity index is 271. The molecule has 12 heavy (non-hydrogen) atoms. The fraction of sp³-hybridized carbons (Fsp3) is 0.250. The Kier molecular flexibility index (Phi) is 3.10. The maximum Gasteiger partial charge on any atom is 0.234 e. The second kappa shape index (κ2) is 4.11.